The minimum Gasteiger partial charge on any atom is -0.867 e. The van der Waals surface area contributed by atoms with Gasteiger partial charge in [-0.05, 0) is 70.8 Å². The van der Waals surface area contributed by atoms with Crippen LogP contribution in [0.25, 0.3) is 31.5 Å². The van der Waals surface area contributed by atoms with Crippen LogP contribution < -0.4 is 18.6 Å². The van der Waals surface area contributed by atoms with Crippen LogP contribution in [0, 0.1) is 10.8 Å². The normalized spacial score (nSPS) is 11.4. The molecule has 246 valence electrons. The fraction of sp³-hybridized carbons (Fsp3) is 0. The lowest BCUT2D eigenvalue weighted by atomic mass is 10.0. The van der Waals surface area contributed by atoms with Gasteiger partial charge < -0.3 is 18.6 Å². The van der Waals surface area contributed by atoms with E-state index in [4.69, 9.17) is 8.37 Å². The first-order valence-electron chi connectivity index (χ1n) is 14.2. The summed E-state index contributed by atoms with van der Waals surface area (Å²) in [5, 5.41) is 43.4. The average Bonchev–Trinajstić information content (AvgIpc) is 3.11. The lowest BCUT2D eigenvalue weighted by Crippen LogP contribution is -2.15. The Bertz CT molecular complexity index is 2510. The van der Waals surface area contributed by atoms with Crippen molar-refractivity contribution in [2.24, 2.45) is 0 Å². The van der Waals surface area contributed by atoms with Crippen molar-refractivity contribution in [2.75, 3.05) is 0 Å². The predicted molar refractivity (Wildman–Crippen MR) is 173 cm³/mol. The molecule has 14 nitrogen and oxygen atoms in total. The number of carbonyl (C=O) groups is 2. The topological polar surface area (TPSA) is 223 Å². The van der Waals surface area contributed by atoms with Crippen molar-refractivity contribution in [3.63, 3.8) is 0 Å². The maximum atomic E-state index is 13.2. The third-order valence-electron chi connectivity index (χ3n) is 7.48. The highest BCUT2D eigenvalue weighted by molar-refractivity contribution is 7.87. The van der Waals surface area contributed by atoms with Crippen molar-refractivity contribution in [1.29, 1.82) is 10.8 Å². The van der Waals surface area contributed by atoms with E-state index in [0.717, 1.165) is 60.7 Å². The minimum absolute atomic E-state index is 0.0117. The first kappa shape index (κ1) is 33.0. The van der Waals surface area contributed by atoms with Crippen molar-refractivity contribution in [2.45, 2.75) is 9.79 Å². The number of Topliss-reactive ketones (excluding diaryl/α,β-unsaturated/α-hetero) is 2. The first-order chi connectivity index (χ1) is 23.8. The summed E-state index contributed by atoms with van der Waals surface area (Å²) in [6, 6.07) is 22.5. The van der Waals surface area contributed by atoms with E-state index in [2.05, 4.69) is 9.95 Å². The molecule has 6 rings (SSSR count). The molecule has 0 N–H and O–H groups in total. The van der Waals surface area contributed by atoms with E-state index in [9.17, 15) is 47.4 Å². The summed E-state index contributed by atoms with van der Waals surface area (Å²) in [5.41, 5.74) is -1.26. The molecule has 0 atom stereocenters. The molecule has 0 saturated heterocycles. The second-order valence-corrected chi connectivity index (χ2v) is 13.5. The molecule has 0 fully saturated rings. The lowest BCUT2D eigenvalue weighted by molar-refractivity contribution is -0.265. The molecule has 0 saturated carbocycles. The number of hydrogen-bond donors (Lipinski definition) is 0. The Hall–Kier alpha value is -6.88. The molecule has 0 heterocycles. The molecule has 6 aromatic carbocycles. The van der Waals surface area contributed by atoms with Gasteiger partial charge in [-0.3, -0.25) is 9.59 Å². The Morgan fingerprint density at radius 2 is 0.840 bits per heavy atom. The van der Waals surface area contributed by atoms with Crippen molar-refractivity contribution in [3.05, 3.63) is 130 Å². The summed E-state index contributed by atoms with van der Waals surface area (Å²) in [7, 11) is -9.16. The third kappa shape index (κ3) is 5.99. The van der Waals surface area contributed by atoms with E-state index < -0.39 is 64.5 Å². The number of diazo groups is 2. The second-order valence-electron chi connectivity index (χ2n) is 10.5. The molecule has 16 heteroatoms. The smallest absolute Gasteiger partial charge is 0.379 e. The van der Waals surface area contributed by atoms with Crippen LogP contribution in [-0.2, 0) is 20.2 Å². The molecule has 0 aliphatic carbocycles. The number of ketones is 2. The molecule has 50 heavy (non-hydrogen) atoms. The number of fused-ring (bicyclic) bond motifs is 2. The summed E-state index contributed by atoms with van der Waals surface area (Å²) >= 11 is 0. The van der Waals surface area contributed by atoms with E-state index in [0.29, 0.717) is 0 Å². The summed E-state index contributed by atoms with van der Waals surface area (Å²) in [5.74, 6) is -3.78. The fourth-order valence-electron chi connectivity index (χ4n) is 5.09. The first-order valence-corrected chi connectivity index (χ1v) is 17.0. The molecule has 0 unspecified atom stereocenters. The molecule has 6 aromatic rings. The minimum atomic E-state index is -4.58. The number of hydrogen-bond acceptors (Lipinski definition) is 12. The summed E-state index contributed by atoms with van der Waals surface area (Å²) in [4.78, 5) is 30.8. The zero-order valence-electron chi connectivity index (χ0n) is 25.1. The van der Waals surface area contributed by atoms with E-state index >= 15 is 0 Å². The number of benzene rings is 6. The van der Waals surface area contributed by atoms with Crippen LogP contribution in [0.3, 0.4) is 0 Å². The zero-order valence-corrected chi connectivity index (χ0v) is 26.7. The van der Waals surface area contributed by atoms with E-state index in [1.54, 1.807) is 0 Å². The van der Waals surface area contributed by atoms with Gasteiger partial charge in [0.15, 0.2) is 9.95 Å². The Morgan fingerprint density at radius 1 is 0.520 bits per heavy atom. The van der Waals surface area contributed by atoms with Gasteiger partial charge in [-0.15, -0.1) is 0 Å². The van der Waals surface area contributed by atoms with Gasteiger partial charge in [0.25, 0.3) is 0 Å². The van der Waals surface area contributed by atoms with Crippen LogP contribution in [0.5, 0.6) is 23.0 Å². The molecule has 0 aliphatic heterocycles. The van der Waals surface area contributed by atoms with Gasteiger partial charge in [0.05, 0.1) is 12.1 Å². The van der Waals surface area contributed by atoms with Gasteiger partial charge in [-0.1, -0.05) is 48.5 Å². The van der Waals surface area contributed by atoms with Crippen molar-refractivity contribution < 1.29 is 45.0 Å². The summed E-state index contributed by atoms with van der Waals surface area (Å²) in [6.07, 6.45) is 0. The SMILES string of the molecule is N#[N+]c1cc(S(=O)(=O)Oc2ccc(C(=O)C(=O)c3ccc(OS(=O)(=O)c4cc([N+]#N)c([O-])c5ccccc45)cc3)cc2)c2ccccc2c1[O-]. The molecular formula is C34H18N4O10S2. The standard InChI is InChI=1S/C34H18N4O10S2/c35-37-27-17-29(23-5-1-3-7-25(23)33(27)41)49(43,44)47-21-13-9-19(10-14-21)31(39)32(40)20-11-15-22(16-12-20)48-50(45,46)30-18-28(38-36)34(42)26-8-4-2-6-24(26)30/h1-18H. The zero-order chi connectivity index (χ0) is 35.8. The molecule has 0 spiro atoms. The quantitative estimate of drug-likeness (QED) is 0.0763. The number of nitrogens with zero attached hydrogens (tertiary/aromatic N) is 4. The Labute approximate surface area is 282 Å². The van der Waals surface area contributed by atoms with Crippen LogP contribution in [0.15, 0.2) is 119 Å². The second kappa shape index (κ2) is 12.6. The highest BCUT2D eigenvalue weighted by atomic mass is 32.2. The van der Waals surface area contributed by atoms with Crippen LogP contribution in [0.1, 0.15) is 20.7 Å². The van der Waals surface area contributed by atoms with Crippen molar-refractivity contribution in [3.8, 4) is 23.0 Å². The maximum absolute atomic E-state index is 13.2. The van der Waals surface area contributed by atoms with Crippen LogP contribution in [0.4, 0.5) is 11.4 Å². The molecule has 0 bridgehead atoms. The van der Waals surface area contributed by atoms with E-state index in [-0.39, 0.29) is 44.2 Å². The summed E-state index contributed by atoms with van der Waals surface area (Å²) in [6.45, 7) is 0. The average molecular weight is 707 g/mol. The summed E-state index contributed by atoms with van der Waals surface area (Å²) < 4.78 is 63.0. The van der Waals surface area contributed by atoms with Gasteiger partial charge in [-0.25, -0.2) is 0 Å². The monoisotopic (exact) mass is 706 g/mol. The molecule has 0 radical (unpaired) electrons. The third-order valence-corrected chi connectivity index (χ3v) is 10.1. The Balaban J connectivity index is 1.18. The van der Waals surface area contributed by atoms with Crippen LogP contribution >= 0.6 is 0 Å². The fourth-order valence-corrected chi connectivity index (χ4v) is 7.41. The Morgan fingerprint density at radius 3 is 1.16 bits per heavy atom. The Kier molecular flexibility index (Phi) is 8.34. The van der Waals surface area contributed by atoms with Crippen molar-refractivity contribution >= 4 is 64.7 Å². The number of carbonyl (C=O) groups excluding carboxylic acids is 2. The lowest BCUT2D eigenvalue weighted by Gasteiger charge is -2.13. The number of rotatable bonds is 9. The van der Waals surface area contributed by atoms with Gasteiger partial charge in [0, 0.05) is 21.9 Å². The molecule has 0 aliphatic rings. The van der Waals surface area contributed by atoms with Gasteiger partial charge in [-0.2, -0.15) is 16.8 Å². The van der Waals surface area contributed by atoms with Crippen molar-refractivity contribution in [1.82, 2.24) is 0 Å². The van der Waals surface area contributed by atoms with Crippen LogP contribution in [0.2, 0.25) is 0 Å². The van der Waals surface area contributed by atoms with Crippen LogP contribution in [-0.4, -0.2) is 28.4 Å². The predicted octanol–water partition coefficient (Wildman–Crippen LogP) is 5.71. The molecule has 0 amide bonds. The highest BCUT2D eigenvalue weighted by Gasteiger charge is 2.27. The van der Waals surface area contributed by atoms with E-state index in [1.807, 2.05) is 0 Å². The molecular weight excluding hydrogens is 689 g/mol. The largest absolute Gasteiger partial charge is 0.867 e. The maximum Gasteiger partial charge on any atom is 0.379 e. The van der Waals surface area contributed by atoms with Gasteiger partial charge >= 0.3 is 31.6 Å². The highest BCUT2D eigenvalue weighted by Crippen LogP contribution is 2.39. The van der Waals surface area contributed by atoms with Gasteiger partial charge in [0.1, 0.15) is 21.3 Å². The van der Waals surface area contributed by atoms with E-state index in [1.165, 1.54) is 48.5 Å². The molecule has 0 aromatic heterocycles. The van der Waals surface area contributed by atoms with Gasteiger partial charge in [0.2, 0.25) is 22.4 Å².